The van der Waals surface area contributed by atoms with Crippen molar-refractivity contribution in [1.29, 1.82) is 0 Å². The third-order valence-electron chi connectivity index (χ3n) is 3.28. The van der Waals surface area contributed by atoms with Crippen molar-refractivity contribution in [2.75, 3.05) is 0 Å². The third kappa shape index (κ3) is 2.71. The van der Waals surface area contributed by atoms with E-state index in [9.17, 15) is 8.78 Å². The summed E-state index contributed by atoms with van der Waals surface area (Å²) in [6.45, 7) is 2.07. The van der Waals surface area contributed by atoms with Crippen molar-refractivity contribution in [2.24, 2.45) is 0 Å². The van der Waals surface area contributed by atoms with E-state index in [1.54, 1.807) is 18.7 Å². The van der Waals surface area contributed by atoms with E-state index in [-0.39, 0.29) is 6.04 Å². The molecular formula is C15H13F2N3S. The Kier molecular flexibility index (Phi) is 3.79. The fraction of sp³-hybridized carbons (Fsp3) is 0.200. The third-order valence-corrected chi connectivity index (χ3v) is 4.42. The van der Waals surface area contributed by atoms with Gasteiger partial charge in [0.25, 0.3) is 0 Å². The first-order valence-corrected chi connectivity index (χ1v) is 7.39. The first-order valence-electron chi connectivity index (χ1n) is 6.57. The van der Waals surface area contributed by atoms with Crippen molar-refractivity contribution in [3.05, 3.63) is 59.6 Å². The van der Waals surface area contributed by atoms with Gasteiger partial charge in [0.05, 0.1) is 12.4 Å². The van der Waals surface area contributed by atoms with Crippen LogP contribution in [0.3, 0.4) is 0 Å². The normalized spacial score (nSPS) is 12.5. The highest BCUT2D eigenvalue weighted by atomic mass is 32.1. The van der Waals surface area contributed by atoms with E-state index in [0.29, 0.717) is 10.6 Å². The molecule has 0 saturated carbocycles. The summed E-state index contributed by atoms with van der Waals surface area (Å²) >= 11 is 1.41. The van der Waals surface area contributed by atoms with E-state index in [4.69, 9.17) is 0 Å². The predicted molar refractivity (Wildman–Crippen MR) is 78.1 cm³/mol. The molecule has 0 amide bonds. The molecule has 1 atom stereocenters. The van der Waals surface area contributed by atoms with Gasteiger partial charge in [-0.05, 0) is 18.6 Å². The van der Waals surface area contributed by atoms with Gasteiger partial charge in [-0.2, -0.15) is 0 Å². The largest absolute Gasteiger partial charge is 0.329 e. The fourth-order valence-corrected chi connectivity index (χ4v) is 3.37. The van der Waals surface area contributed by atoms with Gasteiger partial charge in [0.2, 0.25) is 0 Å². The molecule has 3 rings (SSSR count). The number of nitrogens with zero attached hydrogens (tertiary/aromatic N) is 3. The number of thiazole rings is 1. The topological polar surface area (TPSA) is 30.7 Å². The van der Waals surface area contributed by atoms with Gasteiger partial charge in [0, 0.05) is 35.1 Å². The molecule has 2 aromatic heterocycles. The molecule has 0 saturated heterocycles. The van der Waals surface area contributed by atoms with Crippen LogP contribution in [-0.4, -0.2) is 14.5 Å². The minimum Gasteiger partial charge on any atom is -0.329 e. The molecular weight excluding hydrogens is 292 g/mol. The van der Waals surface area contributed by atoms with Gasteiger partial charge in [0.15, 0.2) is 0 Å². The van der Waals surface area contributed by atoms with E-state index in [0.717, 1.165) is 17.4 Å². The van der Waals surface area contributed by atoms with E-state index in [1.165, 1.54) is 23.5 Å². The fourth-order valence-electron chi connectivity index (χ4n) is 2.24. The number of rotatable bonds is 4. The average Bonchev–Trinajstić information content (AvgIpc) is 3.12. The Hall–Kier alpha value is -2.08. The molecule has 1 aromatic carbocycles. The number of imidazole rings is 1. The van der Waals surface area contributed by atoms with Crippen LogP contribution in [0.1, 0.15) is 24.3 Å². The van der Waals surface area contributed by atoms with Crippen molar-refractivity contribution >= 4 is 11.3 Å². The van der Waals surface area contributed by atoms with E-state index in [2.05, 4.69) is 16.9 Å². The first-order chi connectivity index (χ1) is 10.2. The molecule has 21 heavy (non-hydrogen) atoms. The lowest BCUT2D eigenvalue weighted by atomic mass is 10.2. The van der Waals surface area contributed by atoms with Crippen LogP contribution in [0.25, 0.3) is 10.6 Å². The number of benzene rings is 1. The minimum absolute atomic E-state index is 0.127. The lowest BCUT2D eigenvalue weighted by molar-refractivity contribution is 0.574. The standard InChI is InChI=1S/C15H13F2N3S/c1-2-13(20-6-5-18-9-20)14-8-19-15(21-14)11-4-3-10(16)7-12(11)17/h3-9,13H,2H2,1H3. The summed E-state index contributed by atoms with van der Waals surface area (Å²) in [5, 5.41) is 0.557. The van der Waals surface area contributed by atoms with Gasteiger partial charge in [-0.1, -0.05) is 6.92 Å². The highest BCUT2D eigenvalue weighted by molar-refractivity contribution is 7.15. The molecule has 1 unspecified atom stereocenters. The number of halogens is 2. The molecule has 0 aliphatic heterocycles. The Morgan fingerprint density at radius 3 is 2.86 bits per heavy atom. The summed E-state index contributed by atoms with van der Waals surface area (Å²) in [4.78, 5) is 9.35. The summed E-state index contributed by atoms with van der Waals surface area (Å²) in [7, 11) is 0. The molecule has 0 aliphatic rings. The van der Waals surface area contributed by atoms with Crippen LogP contribution in [0.15, 0.2) is 43.1 Å². The Morgan fingerprint density at radius 2 is 2.19 bits per heavy atom. The van der Waals surface area contributed by atoms with Crippen molar-refractivity contribution in [3.8, 4) is 10.6 Å². The molecule has 6 heteroatoms. The molecule has 0 spiro atoms. The monoisotopic (exact) mass is 305 g/mol. The quantitative estimate of drug-likeness (QED) is 0.720. The smallest absolute Gasteiger partial charge is 0.136 e. The maximum atomic E-state index is 13.8. The maximum absolute atomic E-state index is 13.8. The predicted octanol–water partition coefficient (Wildman–Crippen LogP) is 4.28. The van der Waals surface area contributed by atoms with E-state index >= 15 is 0 Å². The number of hydrogen-bond donors (Lipinski definition) is 0. The molecule has 0 bridgehead atoms. The Morgan fingerprint density at radius 1 is 1.33 bits per heavy atom. The second-order valence-corrected chi connectivity index (χ2v) is 5.69. The summed E-state index contributed by atoms with van der Waals surface area (Å²) in [5.74, 6) is -1.18. The number of hydrogen-bond acceptors (Lipinski definition) is 3. The second-order valence-electron chi connectivity index (χ2n) is 4.63. The van der Waals surface area contributed by atoms with Crippen molar-refractivity contribution in [1.82, 2.24) is 14.5 Å². The van der Waals surface area contributed by atoms with Gasteiger partial charge in [-0.3, -0.25) is 0 Å². The lowest BCUT2D eigenvalue weighted by Crippen LogP contribution is -2.05. The van der Waals surface area contributed by atoms with E-state index in [1.807, 2.05) is 10.8 Å². The minimum atomic E-state index is -0.591. The van der Waals surface area contributed by atoms with Crippen LogP contribution in [-0.2, 0) is 0 Å². The van der Waals surface area contributed by atoms with Crippen LogP contribution in [0.4, 0.5) is 8.78 Å². The van der Waals surface area contributed by atoms with Crippen LogP contribution in [0, 0.1) is 11.6 Å². The maximum Gasteiger partial charge on any atom is 0.136 e. The highest BCUT2D eigenvalue weighted by Crippen LogP contribution is 2.33. The van der Waals surface area contributed by atoms with Gasteiger partial charge >= 0.3 is 0 Å². The van der Waals surface area contributed by atoms with Crippen LogP contribution in [0.5, 0.6) is 0 Å². The summed E-state index contributed by atoms with van der Waals surface area (Å²) in [5.41, 5.74) is 0.327. The Labute approximate surface area is 124 Å². The van der Waals surface area contributed by atoms with Crippen molar-refractivity contribution in [3.63, 3.8) is 0 Å². The average molecular weight is 305 g/mol. The Bertz CT molecular complexity index is 737. The molecule has 0 radical (unpaired) electrons. The molecule has 3 nitrogen and oxygen atoms in total. The molecule has 2 heterocycles. The van der Waals surface area contributed by atoms with Crippen LogP contribution >= 0.6 is 11.3 Å². The van der Waals surface area contributed by atoms with Gasteiger partial charge in [-0.25, -0.2) is 18.7 Å². The van der Waals surface area contributed by atoms with Gasteiger partial charge < -0.3 is 4.57 Å². The van der Waals surface area contributed by atoms with Crippen molar-refractivity contribution < 1.29 is 8.78 Å². The summed E-state index contributed by atoms with van der Waals surface area (Å²) in [6, 6.07) is 3.67. The zero-order chi connectivity index (χ0) is 14.8. The Balaban J connectivity index is 1.96. The zero-order valence-corrected chi connectivity index (χ0v) is 12.1. The molecule has 0 fully saturated rings. The zero-order valence-electron chi connectivity index (χ0n) is 11.3. The molecule has 0 aliphatic carbocycles. The molecule has 3 aromatic rings. The number of aromatic nitrogens is 3. The highest BCUT2D eigenvalue weighted by Gasteiger charge is 2.17. The summed E-state index contributed by atoms with van der Waals surface area (Å²) < 4.78 is 28.8. The second kappa shape index (κ2) is 5.73. The first kappa shape index (κ1) is 13.9. The SMILES string of the molecule is CCC(c1cnc(-c2ccc(F)cc2F)s1)n1ccnc1. The van der Waals surface area contributed by atoms with Gasteiger partial charge in [-0.15, -0.1) is 11.3 Å². The van der Waals surface area contributed by atoms with Gasteiger partial charge in [0.1, 0.15) is 16.6 Å². The summed E-state index contributed by atoms with van der Waals surface area (Å²) in [6.07, 6.45) is 8.00. The van der Waals surface area contributed by atoms with Crippen molar-refractivity contribution in [2.45, 2.75) is 19.4 Å². The van der Waals surface area contributed by atoms with Crippen LogP contribution < -0.4 is 0 Å². The molecule has 108 valence electrons. The molecule has 0 N–H and O–H groups in total. The van der Waals surface area contributed by atoms with Crippen LogP contribution in [0.2, 0.25) is 0 Å². The lowest BCUT2D eigenvalue weighted by Gasteiger charge is -2.13. The van der Waals surface area contributed by atoms with E-state index < -0.39 is 11.6 Å².